The minimum absolute atomic E-state index is 0.0213. The molecule has 100 valence electrons. The van der Waals surface area contributed by atoms with Crippen LogP contribution in [0.2, 0.25) is 0 Å². The van der Waals surface area contributed by atoms with E-state index < -0.39 is 0 Å². The van der Waals surface area contributed by atoms with Crippen molar-refractivity contribution in [2.24, 2.45) is 0 Å². The number of nitrogens with one attached hydrogen (secondary N) is 1. The highest BCUT2D eigenvalue weighted by molar-refractivity contribution is 5.49. The molecule has 0 fully saturated rings. The highest BCUT2D eigenvalue weighted by atomic mass is 16.3. The molecular weight excluding hydrogens is 246 g/mol. The summed E-state index contributed by atoms with van der Waals surface area (Å²) in [7, 11) is 0. The molecule has 1 unspecified atom stereocenters. The summed E-state index contributed by atoms with van der Waals surface area (Å²) in [6.45, 7) is 2.09. The van der Waals surface area contributed by atoms with E-state index in [4.69, 9.17) is 4.42 Å². The minimum atomic E-state index is 0.0213. The second kappa shape index (κ2) is 5.66. The van der Waals surface area contributed by atoms with Crippen molar-refractivity contribution in [3.8, 4) is 0 Å². The number of hydrogen-bond acceptors (Lipinski definition) is 2. The van der Waals surface area contributed by atoms with Crippen molar-refractivity contribution in [3.05, 3.63) is 89.9 Å². The van der Waals surface area contributed by atoms with Gasteiger partial charge in [-0.2, -0.15) is 0 Å². The van der Waals surface area contributed by atoms with Crippen LogP contribution in [0.25, 0.3) is 0 Å². The molecule has 1 heterocycles. The Hall–Kier alpha value is -2.48. The average Bonchev–Trinajstić information content (AvgIpc) is 3.00. The molecule has 0 saturated carbocycles. The average molecular weight is 263 g/mol. The van der Waals surface area contributed by atoms with E-state index in [1.54, 1.807) is 6.26 Å². The van der Waals surface area contributed by atoms with Gasteiger partial charge in [0.25, 0.3) is 0 Å². The molecule has 0 aliphatic heterocycles. The maximum atomic E-state index is 5.59. The molecule has 0 bridgehead atoms. The van der Waals surface area contributed by atoms with Gasteiger partial charge in [-0.25, -0.2) is 0 Å². The highest BCUT2D eigenvalue weighted by Crippen LogP contribution is 2.27. The lowest BCUT2D eigenvalue weighted by Crippen LogP contribution is -2.11. The monoisotopic (exact) mass is 263 g/mol. The summed E-state index contributed by atoms with van der Waals surface area (Å²) in [6.07, 6.45) is 1.71. The van der Waals surface area contributed by atoms with E-state index in [1.165, 1.54) is 11.1 Å². The summed E-state index contributed by atoms with van der Waals surface area (Å²) in [5, 5.41) is 3.54. The number of hydrogen-bond donors (Lipinski definition) is 1. The van der Waals surface area contributed by atoms with Gasteiger partial charge in [-0.15, -0.1) is 0 Å². The van der Waals surface area contributed by atoms with Gasteiger partial charge in [0.15, 0.2) is 0 Å². The van der Waals surface area contributed by atoms with Crippen molar-refractivity contribution >= 4 is 5.69 Å². The summed E-state index contributed by atoms with van der Waals surface area (Å²) in [5.41, 5.74) is 3.51. The van der Waals surface area contributed by atoms with Gasteiger partial charge in [0.1, 0.15) is 11.8 Å². The summed E-state index contributed by atoms with van der Waals surface area (Å²) in [6, 6.07) is 22.6. The summed E-state index contributed by atoms with van der Waals surface area (Å²) >= 11 is 0. The quantitative estimate of drug-likeness (QED) is 0.732. The van der Waals surface area contributed by atoms with E-state index >= 15 is 0 Å². The molecule has 2 aromatic carbocycles. The standard InChI is InChI=1S/C18H17NO/c1-14-7-5-10-16(13-14)19-18(17-11-6-12-20-17)15-8-3-2-4-9-15/h2-13,18-19H,1H3. The zero-order valence-electron chi connectivity index (χ0n) is 11.4. The Balaban J connectivity index is 1.95. The smallest absolute Gasteiger partial charge is 0.130 e. The van der Waals surface area contributed by atoms with Crippen molar-refractivity contribution in [3.63, 3.8) is 0 Å². The van der Waals surface area contributed by atoms with Crippen molar-refractivity contribution in [1.82, 2.24) is 0 Å². The van der Waals surface area contributed by atoms with E-state index in [-0.39, 0.29) is 6.04 Å². The normalized spacial score (nSPS) is 12.1. The van der Waals surface area contributed by atoms with Crippen LogP contribution in [-0.4, -0.2) is 0 Å². The first-order valence-electron chi connectivity index (χ1n) is 6.74. The van der Waals surface area contributed by atoms with Gasteiger partial charge in [0.05, 0.1) is 6.26 Å². The van der Waals surface area contributed by atoms with E-state index in [2.05, 4.69) is 48.6 Å². The van der Waals surface area contributed by atoms with Crippen LogP contribution in [-0.2, 0) is 0 Å². The Morgan fingerprint density at radius 3 is 2.45 bits per heavy atom. The fourth-order valence-corrected chi connectivity index (χ4v) is 2.32. The Kier molecular flexibility index (Phi) is 3.55. The Labute approximate surface area is 119 Å². The molecule has 1 atom stereocenters. The van der Waals surface area contributed by atoms with Crippen molar-refractivity contribution < 1.29 is 4.42 Å². The van der Waals surface area contributed by atoms with Crippen LogP contribution in [0.5, 0.6) is 0 Å². The van der Waals surface area contributed by atoms with Crippen LogP contribution in [0.15, 0.2) is 77.4 Å². The van der Waals surface area contributed by atoms with Crippen LogP contribution in [0.3, 0.4) is 0 Å². The third kappa shape index (κ3) is 2.75. The predicted molar refractivity (Wildman–Crippen MR) is 81.8 cm³/mol. The lowest BCUT2D eigenvalue weighted by molar-refractivity contribution is 0.499. The van der Waals surface area contributed by atoms with Gasteiger partial charge in [0, 0.05) is 5.69 Å². The Morgan fingerprint density at radius 2 is 1.75 bits per heavy atom. The minimum Gasteiger partial charge on any atom is -0.467 e. The first kappa shape index (κ1) is 12.5. The number of benzene rings is 2. The number of furan rings is 1. The fraction of sp³-hybridized carbons (Fsp3) is 0.111. The summed E-state index contributed by atoms with van der Waals surface area (Å²) < 4.78 is 5.59. The molecule has 0 saturated heterocycles. The van der Waals surface area contributed by atoms with Gasteiger partial charge >= 0.3 is 0 Å². The van der Waals surface area contributed by atoms with Crippen LogP contribution in [0.1, 0.15) is 22.9 Å². The molecular formula is C18H17NO. The van der Waals surface area contributed by atoms with E-state index in [9.17, 15) is 0 Å². The third-order valence-corrected chi connectivity index (χ3v) is 3.29. The fourth-order valence-electron chi connectivity index (χ4n) is 2.32. The molecule has 0 aliphatic carbocycles. The SMILES string of the molecule is Cc1cccc(NC(c2ccccc2)c2ccco2)c1. The largest absolute Gasteiger partial charge is 0.467 e. The first-order chi connectivity index (χ1) is 9.83. The predicted octanol–water partition coefficient (Wildman–Crippen LogP) is 4.79. The van der Waals surface area contributed by atoms with Gasteiger partial charge < -0.3 is 9.73 Å². The van der Waals surface area contributed by atoms with Gasteiger partial charge in [-0.05, 0) is 42.3 Å². The number of aryl methyl sites for hydroxylation is 1. The first-order valence-corrected chi connectivity index (χ1v) is 6.74. The molecule has 1 aromatic heterocycles. The molecule has 0 spiro atoms. The second-order valence-electron chi connectivity index (χ2n) is 4.87. The van der Waals surface area contributed by atoms with Crippen molar-refractivity contribution in [2.75, 3.05) is 5.32 Å². The highest BCUT2D eigenvalue weighted by Gasteiger charge is 2.16. The molecule has 2 nitrogen and oxygen atoms in total. The van der Waals surface area contributed by atoms with Crippen LogP contribution in [0.4, 0.5) is 5.69 Å². The maximum absolute atomic E-state index is 5.59. The van der Waals surface area contributed by atoms with Crippen LogP contribution < -0.4 is 5.32 Å². The Bertz CT molecular complexity index is 659. The van der Waals surface area contributed by atoms with Crippen molar-refractivity contribution in [1.29, 1.82) is 0 Å². The van der Waals surface area contributed by atoms with Gasteiger partial charge in [0.2, 0.25) is 0 Å². The van der Waals surface area contributed by atoms with E-state index in [0.29, 0.717) is 0 Å². The zero-order valence-corrected chi connectivity index (χ0v) is 11.4. The molecule has 20 heavy (non-hydrogen) atoms. The second-order valence-corrected chi connectivity index (χ2v) is 4.87. The summed E-state index contributed by atoms with van der Waals surface area (Å²) in [4.78, 5) is 0. The lowest BCUT2D eigenvalue weighted by Gasteiger charge is -2.18. The zero-order chi connectivity index (χ0) is 13.8. The number of rotatable bonds is 4. The van der Waals surface area contributed by atoms with Crippen LogP contribution in [0, 0.1) is 6.92 Å². The molecule has 0 amide bonds. The molecule has 1 N–H and O–H groups in total. The third-order valence-electron chi connectivity index (χ3n) is 3.29. The maximum Gasteiger partial charge on any atom is 0.130 e. The van der Waals surface area contributed by atoms with Crippen LogP contribution >= 0.6 is 0 Å². The van der Waals surface area contributed by atoms with E-state index in [1.807, 2.05) is 30.3 Å². The van der Waals surface area contributed by atoms with Gasteiger partial charge in [-0.3, -0.25) is 0 Å². The van der Waals surface area contributed by atoms with Crippen molar-refractivity contribution in [2.45, 2.75) is 13.0 Å². The Morgan fingerprint density at radius 1 is 0.900 bits per heavy atom. The molecule has 3 rings (SSSR count). The summed E-state index contributed by atoms with van der Waals surface area (Å²) in [5.74, 6) is 0.915. The number of anilines is 1. The molecule has 3 aromatic rings. The topological polar surface area (TPSA) is 25.2 Å². The van der Waals surface area contributed by atoms with E-state index in [0.717, 1.165) is 11.4 Å². The molecule has 2 heteroatoms. The molecule has 0 radical (unpaired) electrons. The molecule has 0 aliphatic rings. The van der Waals surface area contributed by atoms with Gasteiger partial charge in [-0.1, -0.05) is 42.5 Å². The lowest BCUT2D eigenvalue weighted by atomic mass is 10.0.